The number of aromatic nitrogens is 2. The molecule has 234 valence electrons. The number of ether oxygens (including phenoxy) is 4. The Bertz CT molecular complexity index is 1990. The molecule has 2 heterocycles. The van der Waals surface area contributed by atoms with Gasteiger partial charge in [0, 0.05) is 28.0 Å². The molecule has 8 nitrogen and oxygen atoms in total. The SMILES string of the molecule is COc1cc(/C=C2/CCc3c2nc2ccccc2c3C(=O)OCC(=O)c2cc(C)n(-c3ccc(C)cc3)c2C)cc(OC)c1OC. The van der Waals surface area contributed by atoms with Gasteiger partial charge in [-0.25, -0.2) is 9.78 Å². The van der Waals surface area contributed by atoms with Crippen LogP contribution in [0.5, 0.6) is 17.2 Å². The summed E-state index contributed by atoms with van der Waals surface area (Å²) in [6.07, 6.45) is 3.32. The summed E-state index contributed by atoms with van der Waals surface area (Å²) >= 11 is 0. The van der Waals surface area contributed by atoms with E-state index in [-0.39, 0.29) is 12.4 Å². The van der Waals surface area contributed by atoms with Gasteiger partial charge in [0.05, 0.1) is 38.1 Å². The van der Waals surface area contributed by atoms with Crippen LogP contribution in [0.4, 0.5) is 0 Å². The fourth-order valence-electron chi connectivity index (χ4n) is 6.32. The molecule has 3 aromatic carbocycles. The van der Waals surface area contributed by atoms with Crippen molar-refractivity contribution in [3.63, 3.8) is 0 Å². The highest BCUT2D eigenvalue weighted by Crippen LogP contribution is 2.42. The van der Waals surface area contributed by atoms with Crippen LogP contribution in [-0.2, 0) is 11.2 Å². The molecule has 0 saturated carbocycles. The van der Waals surface area contributed by atoms with Gasteiger partial charge in [-0.05, 0) is 92.8 Å². The average molecular weight is 617 g/mol. The number of carbonyl (C=O) groups excluding carboxylic acids is 2. The summed E-state index contributed by atoms with van der Waals surface area (Å²) in [5, 5.41) is 0.699. The summed E-state index contributed by atoms with van der Waals surface area (Å²) in [5.74, 6) is 0.820. The number of para-hydroxylation sites is 1. The third-order valence-corrected chi connectivity index (χ3v) is 8.53. The number of ketones is 1. The summed E-state index contributed by atoms with van der Waals surface area (Å²) in [4.78, 5) is 32.2. The lowest BCUT2D eigenvalue weighted by Crippen LogP contribution is -2.17. The van der Waals surface area contributed by atoms with Crippen LogP contribution in [0.25, 0.3) is 28.2 Å². The fraction of sp³-hybridized carbons (Fsp3) is 0.237. The second kappa shape index (κ2) is 12.6. The van der Waals surface area contributed by atoms with Gasteiger partial charge in [-0.1, -0.05) is 35.9 Å². The molecule has 0 amide bonds. The number of nitrogens with zero attached hydrogens (tertiary/aromatic N) is 2. The fourth-order valence-corrected chi connectivity index (χ4v) is 6.32. The van der Waals surface area contributed by atoms with Gasteiger partial charge < -0.3 is 23.5 Å². The largest absolute Gasteiger partial charge is 0.493 e. The predicted molar refractivity (Wildman–Crippen MR) is 179 cm³/mol. The van der Waals surface area contributed by atoms with Gasteiger partial charge in [0.25, 0.3) is 0 Å². The standard InChI is InChI=1S/C38H36N2O6/c1-22-11-14-27(15-12-22)40-23(2)17-30(24(40)3)32(41)21-46-38(42)35-28-9-7-8-10-31(28)39-36-26(13-16-29(35)36)18-25-19-33(43-4)37(45-6)34(20-25)44-5/h7-12,14-15,17-20H,13,16,21H2,1-6H3/b26-18-. The second-order valence-corrected chi connectivity index (χ2v) is 11.4. The zero-order chi connectivity index (χ0) is 32.5. The first-order valence-corrected chi connectivity index (χ1v) is 15.1. The Morgan fingerprint density at radius 1 is 0.870 bits per heavy atom. The Labute approximate surface area is 268 Å². The third-order valence-electron chi connectivity index (χ3n) is 8.53. The molecule has 0 unspecified atom stereocenters. The molecule has 1 aliphatic carbocycles. The second-order valence-electron chi connectivity index (χ2n) is 11.4. The zero-order valence-electron chi connectivity index (χ0n) is 26.9. The highest BCUT2D eigenvalue weighted by Gasteiger charge is 2.29. The van der Waals surface area contributed by atoms with E-state index in [1.165, 1.54) is 0 Å². The number of rotatable bonds is 9. The summed E-state index contributed by atoms with van der Waals surface area (Å²) in [7, 11) is 4.73. The number of benzene rings is 3. The molecule has 5 aromatic rings. The minimum atomic E-state index is -0.537. The number of hydrogen-bond acceptors (Lipinski definition) is 7. The molecule has 0 spiro atoms. The lowest BCUT2D eigenvalue weighted by atomic mass is 10.0. The summed E-state index contributed by atoms with van der Waals surface area (Å²) < 4.78 is 24.4. The summed E-state index contributed by atoms with van der Waals surface area (Å²) in [6, 6.07) is 21.3. The van der Waals surface area contributed by atoms with E-state index < -0.39 is 5.97 Å². The minimum Gasteiger partial charge on any atom is -0.493 e. The van der Waals surface area contributed by atoms with Gasteiger partial charge in [-0.15, -0.1) is 0 Å². The van der Waals surface area contributed by atoms with Gasteiger partial charge in [0.15, 0.2) is 18.1 Å². The van der Waals surface area contributed by atoms with E-state index in [9.17, 15) is 9.59 Å². The van der Waals surface area contributed by atoms with Crippen molar-refractivity contribution in [2.45, 2.75) is 33.6 Å². The Hall–Kier alpha value is -5.37. The number of allylic oxidation sites excluding steroid dienone is 1. The van der Waals surface area contributed by atoms with Gasteiger partial charge in [-0.2, -0.15) is 0 Å². The van der Waals surface area contributed by atoms with E-state index in [1.54, 1.807) is 21.3 Å². The molecule has 2 aromatic heterocycles. The molecule has 6 rings (SSSR count). The van der Waals surface area contributed by atoms with Crippen LogP contribution < -0.4 is 14.2 Å². The Morgan fingerprint density at radius 3 is 2.24 bits per heavy atom. The van der Waals surface area contributed by atoms with Crippen molar-refractivity contribution >= 4 is 34.3 Å². The van der Waals surface area contributed by atoms with Gasteiger partial charge in [-0.3, -0.25) is 4.79 Å². The van der Waals surface area contributed by atoms with Crippen LogP contribution in [0.1, 0.15) is 60.9 Å². The van der Waals surface area contributed by atoms with Crippen LogP contribution in [0.2, 0.25) is 0 Å². The number of carbonyl (C=O) groups is 2. The molecular formula is C38H36N2O6. The van der Waals surface area contributed by atoms with Gasteiger partial charge >= 0.3 is 5.97 Å². The third kappa shape index (κ3) is 5.51. The molecule has 0 fully saturated rings. The van der Waals surface area contributed by atoms with Crippen LogP contribution in [-0.4, -0.2) is 49.2 Å². The maximum absolute atomic E-state index is 13.8. The highest BCUT2D eigenvalue weighted by atomic mass is 16.5. The first kappa shape index (κ1) is 30.6. The first-order chi connectivity index (χ1) is 22.2. The van der Waals surface area contributed by atoms with Crippen molar-refractivity contribution in [2.24, 2.45) is 0 Å². The number of fused-ring (bicyclic) bond motifs is 2. The quantitative estimate of drug-likeness (QED) is 0.125. The monoisotopic (exact) mass is 616 g/mol. The number of Topliss-reactive ketones (excluding diaryl/α,β-unsaturated/α-hetero) is 1. The number of methoxy groups -OCH3 is 3. The van der Waals surface area contributed by atoms with Crippen LogP contribution in [0.3, 0.4) is 0 Å². The van der Waals surface area contributed by atoms with Gasteiger partial charge in [0.2, 0.25) is 11.5 Å². The number of aryl methyl sites for hydroxylation is 2. The Balaban J connectivity index is 1.31. The topological polar surface area (TPSA) is 88.9 Å². The van der Waals surface area contributed by atoms with Crippen molar-refractivity contribution in [2.75, 3.05) is 27.9 Å². The number of pyridine rings is 1. The molecule has 0 N–H and O–H groups in total. The zero-order valence-corrected chi connectivity index (χ0v) is 26.9. The van der Waals surface area contributed by atoms with E-state index >= 15 is 0 Å². The lowest BCUT2D eigenvalue weighted by molar-refractivity contribution is 0.0475. The van der Waals surface area contributed by atoms with Crippen LogP contribution >= 0.6 is 0 Å². The van der Waals surface area contributed by atoms with Crippen molar-refractivity contribution < 1.29 is 28.5 Å². The molecule has 0 radical (unpaired) electrons. The summed E-state index contributed by atoms with van der Waals surface area (Å²) in [6.45, 7) is 5.55. The molecular weight excluding hydrogens is 580 g/mol. The number of esters is 1. The van der Waals surface area contributed by atoms with E-state index in [4.69, 9.17) is 23.9 Å². The minimum absolute atomic E-state index is 0.252. The molecule has 0 atom stereocenters. The molecule has 0 saturated heterocycles. The highest BCUT2D eigenvalue weighted by molar-refractivity contribution is 6.08. The molecule has 0 aliphatic heterocycles. The Kier molecular flexibility index (Phi) is 8.37. The predicted octanol–water partition coefficient (Wildman–Crippen LogP) is 7.50. The van der Waals surface area contributed by atoms with Crippen molar-refractivity contribution in [1.29, 1.82) is 0 Å². The van der Waals surface area contributed by atoms with E-state index in [0.29, 0.717) is 52.1 Å². The summed E-state index contributed by atoms with van der Waals surface area (Å²) in [5.41, 5.74) is 8.92. The number of hydrogen-bond donors (Lipinski definition) is 0. The van der Waals surface area contributed by atoms with Crippen molar-refractivity contribution in [1.82, 2.24) is 9.55 Å². The normalized spacial score (nSPS) is 13.1. The molecule has 8 heteroatoms. The van der Waals surface area contributed by atoms with E-state index in [1.807, 2.05) is 98.1 Å². The van der Waals surface area contributed by atoms with Crippen LogP contribution in [0, 0.1) is 20.8 Å². The van der Waals surface area contributed by atoms with E-state index in [2.05, 4.69) is 0 Å². The molecule has 46 heavy (non-hydrogen) atoms. The van der Waals surface area contributed by atoms with Crippen molar-refractivity contribution in [3.8, 4) is 22.9 Å². The molecule has 0 bridgehead atoms. The van der Waals surface area contributed by atoms with Crippen molar-refractivity contribution in [3.05, 3.63) is 112 Å². The Morgan fingerprint density at radius 2 is 1.57 bits per heavy atom. The first-order valence-electron chi connectivity index (χ1n) is 15.1. The molecule has 1 aliphatic rings. The average Bonchev–Trinajstić information content (AvgIpc) is 3.60. The van der Waals surface area contributed by atoms with Gasteiger partial charge in [0.1, 0.15) is 0 Å². The smallest absolute Gasteiger partial charge is 0.339 e. The van der Waals surface area contributed by atoms with Crippen LogP contribution in [0.15, 0.2) is 66.7 Å². The van der Waals surface area contributed by atoms with E-state index in [0.717, 1.165) is 45.0 Å². The lowest BCUT2D eigenvalue weighted by Gasteiger charge is -2.14. The maximum atomic E-state index is 13.8. The maximum Gasteiger partial charge on any atom is 0.339 e.